The van der Waals surface area contributed by atoms with E-state index in [1.54, 1.807) is 0 Å². The zero-order valence-electron chi connectivity index (χ0n) is 9.90. The van der Waals surface area contributed by atoms with Crippen molar-refractivity contribution in [1.29, 1.82) is 0 Å². The van der Waals surface area contributed by atoms with Crippen LogP contribution in [0.4, 0.5) is 20.2 Å². The summed E-state index contributed by atoms with van der Waals surface area (Å²) in [5, 5.41) is 0.195. The maximum Gasteiger partial charge on any atom is 0.262 e. The predicted molar refractivity (Wildman–Crippen MR) is 73.0 cm³/mol. The van der Waals surface area contributed by atoms with Crippen LogP contribution in [0.5, 0.6) is 0 Å². The molecule has 0 aliphatic carbocycles. The number of anilines is 2. The van der Waals surface area contributed by atoms with Crippen molar-refractivity contribution in [2.24, 2.45) is 0 Å². The monoisotopic (exact) mass is 318 g/mol. The van der Waals surface area contributed by atoms with E-state index in [1.807, 2.05) is 4.72 Å². The highest BCUT2D eigenvalue weighted by atomic mass is 35.5. The number of rotatable bonds is 3. The van der Waals surface area contributed by atoms with Crippen molar-refractivity contribution < 1.29 is 17.2 Å². The summed E-state index contributed by atoms with van der Waals surface area (Å²) in [4.78, 5) is -0.205. The van der Waals surface area contributed by atoms with E-state index in [4.69, 9.17) is 17.3 Å². The molecule has 20 heavy (non-hydrogen) atoms. The van der Waals surface area contributed by atoms with Gasteiger partial charge in [0.25, 0.3) is 10.0 Å². The fourth-order valence-electron chi connectivity index (χ4n) is 1.48. The molecule has 0 saturated heterocycles. The number of nitrogens with one attached hydrogen (secondary N) is 1. The number of hydrogen-bond donors (Lipinski definition) is 2. The summed E-state index contributed by atoms with van der Waals surface area (Å²) < 4.78 is 52.5. The Morgan fingerprint density at radius 2 is 1.85 bits per heavy atom. The molecular weight excluding hydrogens is 310 g/mol. The van der Waals surface area contributed by atoms with Crippen molar-refractivity contribution >= 4 is 33.0 Å². The molecule has 0 fully saturated rings. The SMILES string of the molecule is Nc1cc(S(=O)(=O)Nc2cccc(F)c2F)ccc1Cl. The second-order valence-electron chi connectivity index (χ2n) is 3.89. The van der Waals surface area contributed by atoms with Gasteiger partial charge in [0.15, 0.2) is 11.6 Å². The van der Waals surface area contributed by atoms with Crippen LogP contribution in [0.15, 0.2) is 41.3 Å². The van der Waals surface area contributed by atoms with Crippen molar-refractivity contribution in [3.05, 3.63) is 53.1 Å². The Balaban J connectivity index is 2.41. The van der Waals surface area contributed by atoms with Gasteiger partial charge in [-0.15, -0.1) is 0 Å². The molecule has 2 aromatic carbocycles. The molecule has 2 rings (SSSR count). The summed E-state index contributed by atoms with van der Waals surface area (Å²) in [6.07, 6.45) is 0. The Kier molecular flexibility index (Phi) is 3.82. The van der Waals surface area contributed by atoms with E-state index in [9.17, 15) is 17.2 Å². The topological polar surface area (TPSA) is 72.2 Å². The minimum absolute atomic E-state index is 0.0641. The van der Waals surface area contributed by atoms with E-state index in [0.717, 1.165) is 18.2 Å². The van der Waals surface area contributed by atoms with Crippen LogP contribution in [-0.2, 0) is 10.0 Å². The first kappa shape index (κ1) is 14.5. The second-order valence-corrected chi connectivity index (χ2v) is 5.98. The lowest BCUT2D eigenvalue weighted by atomic mass is 10.3. The lowest BCUT2D eigenvalue weighted by molar-refractivity contribution is 0.511. The average Bonchev–Trinajstić information content (AvgIpc) is 2.38. The highest BCUT2D eigenvalue weighted by Gasteiger charge is 2.18. The van der Waals surface area contributed by atoms with Crippen LogP contribution in [0.2, 0.25) is 5.02 Å². The highest BCUT2D eigenvalue weighted by molar-refractivity contribution is 7.92. The number of sulfonamides is 1. The lowest BCUT2D eigenvalue weighted by Gasteiger charge is -2.10. The van der Waals surface area contributed by atoms with Crippen molar-refractivity contribution in [3.63, 3.8) is 0 Å². The normalized spacial score (nSPS) is 11.3. The first-order chi connectivity index (χ1) is 9.31. The Morgan fingerprint density at radius 3 is 2.50 bits per heavy atom. The van der Waals surface area contributed by atoms with Crippen LogP contribution in [-0.4, -0.2) is 8.42 Å². The molecule has 0 aromatic heterocycles. The van der Waals surface area contributed by atoms with Gasteiger partial charge >= 0.3 is 0 Å². The van der Waals surface area contributed by atoms with Gasteiger partial charge in [0.1, 0.15) is 0 Å². The summed E-state index contributed by atoms with van der Waals surface area (Å²) in [5.74, 6) is -2.43. The number of nitrogen functional groups attached to an aromatic ring is 1. The van der Waals surface area contributed by atoms with E-state index in [0.29, 0.717) is 0 Å². The predicted octanol–water partition coefficient (Wildman–Crippen LogP) is 3.00. The minimum atomic E-state index is -4.09. The van der Waals surface area contributed by atoms with Crippen LogP contribution >= 0.6 is 11.6 Å². The zero-order valence-corrected chi connectivity index (χ0v) is 11.5. The number of nitrogens with two attached hydrogens (primary N) is 1. The summed E-state index contributed by atoms with van der Waals surface area (Å²) in [7, 11) is -4.09. The molecule has 0 aliphatic rings. The van der Waals surface area contributed by atoms with Gasteiger partial charge in [-0.05, 0) is 30.3 Å². The molecule has 0 spiro atoms. The molecular formula is C12H9ClF2N2O2S. The van der Waals surface area contributed by atoms with Gasteiger partial charge in [0.05, 0.1) is 21.3 Å². The van der Waals surface area contributed by atoms with Crippen LogP contribution in [0.3, 0.4) is 0 Å². The van der Waals surface area contributed by atoms with Gasteiger partial charge in [-0.25, -0.2) is 17.2 Å². The van der Waals surface area contributed by atoms with E-state index in [2.05, 4.69) is 0 Å². The van der Waals surface area contributed by atoms with Gasteiger partial charge in [0.2, 0.25) is 0 Å². The van der Waals surface area contributed by atoms with Crippen LogP contribution in [0.1, 0.15) is 0 Å². The Bertz CT molecular complexity index is 766. The van der Waals surface area contributed by atoms with Crippen LogP contribution < -0.4 is 10.5 Å². The molecule has 0 amide bonds. The third-order valence-corrected chi connectivity index (χ3v) is 4.18. The number of hydrogen-bond acceptors (Lipinski definition) is 3. The fourth-order valence-corrected chi connectivity index (χ4v) is 2.69. The standard InChI is InChI=1S/C12H9ClF2N2O2S/c13-8-5-4-7(6-10(8)16)20(18,19)17-11-3-1-2-9(14)12(11)15/h1-6,17H,16H2. The van der Waals surface area contributed by atoms with Crippen molar-refractivity contribution in [2.75, 3.05) is 10.5 Å². The first-order valence-corrected chi connectivity index (χ1v) is 7.19. The van der Waals surface area contributed by atoms with Gasteiger partial charge in [0, 0.05) is 0 Å². The summed E-state index contributed by atoms with van der Waals surface area (Å²) in [6.45, 7) is 0. The molecule has 0 saturated carbocycles. The maximum atomic E-state index is 13.4. The van der Waals surface area contributed by atoms with Crippen molar-refractivity contribution in [3.8, 4) is 0 Å². The molecule has 0 atom stereocenters. The molecule has 0 aliphatic heterocycles. The summed E-state index contributed by atoms with van der Waals surface area (Å²) >= 11 is 5.69. The van der Waals surface area contributed by atoms with Crippen LogP contribution in [0.25, 0.3) is 0 Å². The molecule has 0 unspecified atom stereocenters. The van der Waals surface area contributed by atoms with Crippen molar-refractivity contribution in [2.45, 2.75) is 4.90 Å². The highest BCUT2D eigenvalue weighted by Crippen LogP contribution is 2.25. The lowest BCUT2D eigenvalue weighted by Crippen LogP contribution is -2.14. The molecule has 0 radical (unpaired) electrons. The molecule has 0 heterocycles. The van der Waals surface area contributed by atoms with Gasteiger partial charge < -0.3 is 5.73 Å². The maximum absolute atomic E-state index is 13.4. The van der Waals surface area contributed by atoms with E-state index >= 15 is 0 Å². The Morgan fingerprint density at radius 1 is 1.15 bits per heavy atom. The smallest absolute Gasteiger partial charge is 0.262 e. The first-order valence-electron chi connectivity index (χ1n) is 5.33. The second kappa shape index (κ2) is 5.26. The van der Waals surface area contributed by atoms with Gasteiger partial charge in [-0.3, -0.25) is 4.72 Å². The van der Waals surface area contributed by atoms with Gasteiger partial charge in [-0.2, -0.15) is 0 Å². The third kappa shape index (κ3) is 2.83. The molecule has 8 heteroatoms. The van der Waals surface area contributed by atoms with E-state index in [1.165, 1.54) is 18.2 Å². The fraction of sp³-hybridized carbons (Fsp3) is 0. The molecule has 3 N–H and O–H groups in total. The molecule has 4 nitrogen and oxygen atoms in total. The van der Waals surface area contributed by atoms with Gasteiger partial charge in [-0.1, -0.05) is 17.7 Å². The summed E-state index contributed by atoms with van der Waals surface area (Å²) in [6, 6.07) is 6.81. The quantitative estimate of drug-likeness (QED) is 0.854. The molecule has 106 valence electrons. The molecule has 2 aromatic rings. The Hall–Kier alpha value is -1.86. The van der Waals surface area contributed by atoms with E-state index < -0.39 is 27.3 Å². The van der Waals surface area contributed by atoms with Crippen LogP contribution in [0, 0.1) is 11.6 Å². The third-order valence-electron chi connectivity index (χ3n) is 2.47. The van der Waals surface area contributed by atoms with Crippen molar-refractivity contribution in [1.82, 2.24) is 0 Å². The molecule has 0 bridgehead atoms. The number of benzene rings is 2. The largest absolute Gasteiger partial charge is 0.397 e. The average molecular weight is 319 g/mol. The van der Waals surface area contributed by atoms with E-state index in [-0.39, 0.29) is 15.6 Å². The Labute approximate surface area is 119 Å². The zero-order chi connectivity index (χ0) is 14.9. The minimum Gasteiger partial charge on any atom is -0.397 e. The summed E-state index contributed by atoms with van der Waals surface area (Å²) in [5.41, 5.74) is 5.08. The number of halogens is 3.